The van der Waals surface area contributed by atoms with E-state index in [2.05, 4.69) is 23.5 Å². The summed E-state index contributed by atoms with van der Waals surface area (Å²) in [5, 5.41) is 0. The van der Waals surface area contributed by atoms with E-state index in [0.717, 1.165) is 24.0 Å². The van der Waals surface area contributed by atoms with E-state index in [1.54, 1.807) is 17.3 Å². The van der Waals surface area contributed by atoms with E-state index in [1.807, 2.05) is 18.2 Å². The van der Waals surface area contributed by atoms with Gasteiger partial charge < -0.3 is 9.88 Å². The fraction of sp³-hybridized carbons (Fsp3) is 0.286. The van der Waals surface area contributed by atoms with Gasteiger partial charge in [-0.2, -0.15) is 0 Å². The summed E-state index contributed by atoms with van der Waals surface area (Å²) in [7, 11) is 0. The van der Waals surface area contributed by atoms with Crippen molar-refractivity contribution in [2.45, 2.75) is 13.3 Å². The van der Waals surface area contributed by atoms with Crippen LogP contribution in [0.15, 0.2) is 37.2 Å². The maximum atomic E-state index is 12.3. The first-order valence-electron chi connectivity index (χ1n) is 6.09. The number of nitrogens with zero attached hydrogens (tertiary/aromatic N) is 2. The summed E-state index contributed by atoms with van der Waals surface area (Å²) in [4.78, 5) is 21.3. The van der Waals surface area contributed by atoms with Crippen LogP contribution in [0.2, 0.25) is 0 Å². The Morgan fingerprint density at radius 3 is 3.11 bits per heavy atom. The first-order chi connectivity index (χ1) is 8.76. The van der Waals surface area contributed by atoms with Crippen LogP contribution in [0, 0.1) is 0 Å². The molecule has 0 bridgehead atoms. The molecule has 1 aromatic heterocycles. The highest BCUT2D eigenvalue weighted by atomic mass is 16.2. The third kappa shape index (κ3) is 2.42. The minimum Gasteiger partial charge on any atom is -0.345 e. The number of aromatic nitrogens is 2. The first kappa shape index (κ1) is 12.4. The molecule has 1 aromatic carbocycles. The Kier molecular flexibility index (Phi) is 3.77. The lowest BCUT2D eigenvalue weighted by Crippen LogP contribution is -2.31. The molecule has 0 aliphatic carbocycles. The number of carbonyl (C=O) groups excluding carboxylic acids is 1. The van der Waals surface area contributed by atoms with E-state index in [1.165, 1.54) is 0 Å². The van der Waals surface area contributed by atoms with Crippen molar-refractivity contribution in [3.05, 3.63) is 42.7 Å². The molecule has 2 rings (SSSR count). The monoisotopic (exact) mass is 243 g/mol. The third-order valence-electron chi connectivity index (χ3n) is 2.80. The summed E-state index contributed by atoms with van der Waals surface area (Å²) in [5.74, 6) is 0.0354. The SMILES string of the molecule is C=CCN(CCC)C(=O)c1ccc2nc[nH]c2c1. The summed E-state index contributed by atoms with van der Waals surface area (Å²) in [6.07, 6.45) is 4.32. The predicted molar refractivity (Wildman–Crippen MR) is 72.5 cm³/mol. The highest BCUT2D eigenvalue weighted by molar-refractivity contribution is 5.97. The Hall–Kier alpha value is -2.10. The second-order valence-electron chi connectivity index (χ2n) is 4.17. The first-order valence-corrected chi connectivity index (χ1v) is 6.09. The van der Waals surface area contributed by atoms with Gasteiger partial charge in [0, 0.05) is 18.7 Å². The number of imidazole rings is 1. The molecule has 1 heterocycles. The van der Waals surface area contributed by atoms with Gasteiger partial charge in [-0.25, -0.2) is 4.98 Å². The zero-order valence-corrected chi connectivity index (χ0v) is 10.5. The minimum atomic E-state index is 0.0354. The van der Waals surface area contributed by atoms with Crippen molar-refractivity contribution >= 4 is 16.9 Å². The quantitative estimate of drug-likeness (QED) is 0.820. The highest BCUT2D eigenvalue weighted by Gasteiger charge is 2.14. The van der Waals surface area contributed by atoms with Crippen LogP contribution in [0.5, 0.6) is 0 Å². The topological polar surface area (TPSA) is 49.0 Å². The van der Waals surface area contributed by atoms with Gasteiger partial charge in [0.2, 0.25) is 0 Å². The van der Waals surface area contributed by atoms with Gasteiger partial charge in [-0.05, 0) is 24.6 Å². The van der Waals surface area contributed by atoms with Crippen molar-refractivity contribution in [1.82, 2.24) is 14.9 Å². The molecule has 1 N–H and O–H groups in total. The van der Waals surface area contributed by atoms with E-state index in [4.69, 9.17) is 0 Å². The fourth-order valence-corrected chi connectivity index (χ4v) is 1.95. The van der Waals surface area contributed by atoms with Crippen molar-refractivity contribution in [3.63, 3.8) is 0 Å². The maximum Gasteiger partial charge on any atom is 0.254 e. The molecular weight excluding hydrogens is 226 g/mol. The molecular formula is C14H17N3O. The number of rotatable bonds is 5. The van der Waals surface area contributed by atoms with Crippen LogP contribution in [-0.4, -0.2) is 33.9 Å². The molecule has 0 saturated carbocycles. The lowest BCUT2D eigenvalue weighted by molar-refractivity contribution is 0.0774. The Morgan fingerprint density at radius 2 is 2.39 bits per heavy atom. The van der Waals surface area contributed by atoms with Crippen LogP contribution in [0.4, 0.5) is 0 Å². The molecule has 0 saturated heterocycles. The van der Waals surface area contributed by atoms with E-state index >= 15 is 0 Å². The summed E-state index contributed by atoms with van der Waals surface area (Å²) in [5.41, 5.74) is 2.44. The number of H-pyrrole nitrogens is 1. The second-order valence-corrected chi connectivity index (χ2v) is 4.17. The second kappa shape index (κ2) is 5.49. The van der Waals surface area contributed by atoms with Crippen molar-refractivity contribution < 1.29 is 4.79 Å². The molecule has 0 aliphatic heterocycles. The summed E-state index contributed by atoms with van der Waals surface area (Å²) < 4.78 is 0. The molecule has 0 atom stereocenters. The standard InChI is InChI=1S/C14H17N3O/c1-3-7-17(8-4-2)14(18)11-5-6-12-13(9-11)16-10-15-12/h3,5-6,9-10H,1,4,7-8H2,2H3,(H,15,16). The normalized spacial score (nSPS) is 10.5. The molecule has 0 unspecified atom stereocenters. The van der Waals surface area contributed by atoms with E-state index in [0.29, 0.717) is 12.1 Å². The van der Waals surface area contributed by atoms with Gasteiger partial charge in [0.15, 0.2) is 0 Å². The number of hydrogen-bond acceptors (Lipinski definition) is 2. The molecule has 2 aromatic rings. The summed E-state index contributed by atoms with van der Waals surface area (Å²) >= 11 is 0. The van der Waals surface area contributed by atoms with E-state index in [9.17, 15) is 4.79 Å². The van der Waals surface area contributed by atoms with E-state index < -0.39 is 0 Å². The minimum absolute atomic E-state index is 0.0354. The van der Waals surface area contributed by atoms with Crippen LogP contribution in [0.25, 0.3) is 11.0 Å². The van der Waals surface area contributed by atoms with Crippen molar-refractivity contribution in [2.24, 2.45) is 0 Å². The highest BCUT2D eigenvalue weighted by Crippen LogP contribution is 2.13. The summed E-state index contributed by atoms with van der Waals surface area (Å²) in [6, 6.07) is 5.52. The van der Waals surface area contributed by atoms with Crippen molar-refractivity contribution in [1.29, 1.82) is 0 Å². The lowest BCUT2D eigenvalue weighted by Gasteiger charge is -2.20. The van der Waals surface area contributed by atoms with Crippen molar-refractivity contribution in [3.8, 4) is 0 Å². The Morgan fingerprint density at radius 1 is 1.56 bits per heavy atom. The van der Waals surface area contributed by atoms with Gasteiger partial charge in [0.1, 0.15) is 0 Å². The molecule has 94 valence electrons. The fourth-order valence-electron chi connectivity index (χ4n) is 1.95. The van der Waals surface area contributed by atoms with Gasteiger partial charge in [0.05, 0.1) is 17.4 Å². The zero-order chi connectivity index (χ0) is 13.0. The number of fused-ring (bicyclic) bond motifs is 1. The summed E-state index contributed by atoms with van der Waals surface area (Å²) in [6.45, 7) is 7.07. The molecule has 4 heteroatoms. The molecule has 0 radical (unpaired) electrons. The van der Waals surface area contributed by atoms with Gasteiger partial charge in [-0.3, -0.25) is 4.79 Å². The number of carbonyl (C=O) groups is 1. The van der Waals surface area contributed by atoms with Crippen LogP contribution in [0.1, 0.15) is 23.7 Å². The number of benzene rings is 1. The molecule has 1 amide bonds. The molecule has 0 aliphatic rings. The molecule has 4 nitrogen and oxygen atoms in total. The predicted octanol–water partition coefficient (Wildman–Crippen LogP) is 2.60. The number of amides is 1. The number of hydrogen-bond donors (Lipinski definition) is 1. The van der Waals surface area contributed by atoms with Crippen LogP contribution < -0.4 is 0 Å². The van der Waals surface area contributed by atoms with Gasteiger partial charge in [-0.1, -0.05) is 13.0 Å². The van der Waals surface area contributed by atoms with Gasteiger partial charge in [0.25, 0.3) is 5.91 Å². The molecule has 0 spiro atoms. The zero-order valence-electron chi connectivity index (χ0n) is 10.5. The number of nitrogens with one attached hydrogen (secondary N) is 1. The van der Waals surface area contributed by atoms with Gasteiger partial charge >= 0.3 is 0 Å². The Bertz CT molecular complexity index is 559. The maximum absolute atomic E-state index is 12.3. The Labute approximate surface area is 106 Å². The van der Waals surface area contributed by atoms with Crippen molar-refractivity contribution in [2.75, 3.05) is 13.1 Å². The van der Waals surface area contributed by atoms with Gasteiger partial charge in [-0.15, -0.1) is 6.58 Å². The lowest BCUT2D eigenvalue weighted by atomic mass is 10.1. The van der Waals surface area contributed by atoms with E-state index in [-0.39, 0.29) is 5.91 Å². The third-order valence-corrected chi connectivity index (χ3v) is 2.80. The Balaban J connectivity index is 2.27. The smallest absolute Gasteiger partial charge is 0.254 e. The average molecular weight is 243 g/mol. The average Bonchev–Trinajstić information content (AvgIpc) is 2.84. The van der Waals surface area contributed by atoms with Crippen LogP contribution in [-0.2, 0) is 0 Å². The van der Waals surface area contributed by atoms with Crippen LogP contribution in [0.3, 0.4) is 0 Å². The number of aromatic amines is 1. The molecule has 0 fully saturated rings. The van der Waals surface area contributed by atoms with Crippen LogP contribution >= 0.6 is 0 Å². The molecule has 18 heavy (non-hydrogen) atoms. The largest absolute Gasteiger partial charge is 0.345 e.